The second-order valence-corrected chi connectivity index (χ2v) is 7.83. The van der Waals surface area contributed by atoms with Crippen molar-refractivity contribution in [2.24, 2.45) is 0 Å². The quantitative estimate of drug-likeness (QED) is 0.239. The molecule has 0 saturated heterocycles. The molecule has 0 radical (unpaired) electrons. The number of Topliss-reactive ketones (excluding diaryl/α,β-unsaturated/α-hetero) is 1. The number of rotatable bonds is 6. The number of benzene rings is 2. The SMILES string of the molecule is Cc1cc(C(=O)COC(=O)/C=C/c2nc3ccccc3o2)c(C)n1-c1ccc2c(c1)OCCO2. The molecule has 8 nitrogen and oxygen atoms in total. The van der Waals surface area contributed by atoms with E-state index in [1.165, 1.54) is 12.2 Å². The molecule has 5 rings (SSSR count). The Hall–Kier alpha value is -4.33. The highest BCUT2D eigenvalue weighted by Crippen LogP contribution is 2.33. The molecule has 0 atom stereocenters. The summed E-state index contributed by atoms with van der Waals surface area (Å²) < 4.78 is 23.9. The molecule has 4 aromatic rings. The van der Waals surface area contributed by atoms with Crippen LogP contribution < -0.4 is 9.47 Å². The molecule has 172 valence electrons. The number of aromatic nitrogens is 2. The average molecular weight is 458 g/mol. The summed E-state index contributed by atoms with van der Waals surface area (Å²) in [6.45, 7) is 4.41. The fourth-order valence-corrected chi connectivity index (χ4v) is 3.98. The van der Waals surface area contributed by atoms with Crippen LogP contribution in [0.2, 0.25) is 0 Å². The average Bonchev–Trinajstić information content (AvgIpc) is 3.40. The molecular formula is C26H22N2O6. The number of fused-ring (bicyclic) bond motifs is 2. The molecule has 0 spiro atoms. The third-order valence-corrected chi connectivity index (χ3v) is 5.53. The summed E-state index contributed by atoms with van der Waals surface area (Å²) in [6, 6.07) is 14.7. The third kappa shape index (κ3) is 4.17. The molecular weight excluding hydrogens is 436 g/mol. The molecule has 2 aromatic carbocycles. The van der Waals surface area contributed by atoms with Gasteiger partial charge in [-0.05, 0) is 44.2 Å². The van der Waals surface area contributed by atoms with Crippen LogP contribution in [-0.2, 0) is 9.53 Å². The van der Waals surface area contributed by atoms with Crippen molar-refractivity contribution in [1.82, 2.24) is 9.55 Å². The number of aryl methyl sites for hydroxylation is 1. The van der Waals surface area contributed by atoms with Gasteiger partial charge in [0.05, 0.1) is 0 Å². The normalized spacial score (nSPS) is 12.9. The minimum absolute atomic E-state index is 0.285. The van der Waals surface area contributed by atoms with Crippen molar-refractivity contribution in [2.75, 3.05) is 19.8 Å². The third-order valence-electron chi connectivity index (χ3n) is 5.53. The lowest BCUT2D eigenvalue weighted by atomic mass is 10.1. The van der Waals surface area contributed by atoms with Crippen molar-refractivity contribution in [3.8, 4) is 17.2 Å². The number of carbonyl (C=O) groups is 2. The Morgan fingerprint density at radius 1 is 1.06 bits per heavy atom. The zero-order chi connectivity index (χ0) is 23.7. The number of hydrogen-bond acceptors (Lipinski definition) is 7. The Morgan fingerprint density at radius 3 is 2.68 bits per heavy atom. The fraction of sp³-hybridized carbons (Fsp3) is 0.192. The van der Waals surface area contributed by atoms with Crippen LogP contribution in [0.4, 0.5) is 0 Å². The number of oxazole rings is 1. The van der Waals surface area contributed by atoms with Crippen LogP contribution >= 0.6 is 0 Å². The van der Waals surface area contributed by atoms with E-state index >= 15 is 0 Å². The number of esters is 1. The van der Waals surface area contributed by atoms with Crippen LogP contribution in [0.25, 0.3) is 22.9 Å². The highest BCUT2D eigenvalue weighted by molar-refractivity contribution is 6.00. The van der Waals surface area contributed by atoms with Crippen LogP contribution in [0.5, 0.6) is 11.5 Å². The maximum Gasteiger partial charge on any atom is 0.331 e. The molecule has 0 amide bonds. The van der Waals surface area contributed by atoms with E-state index < -0.39 is 5.97 Å². The first-order valence-corrected chi connectivity index (χ1v) is 10.8. The number of ketones is 1. The summed E-state index contributed by atoms with van der Waals surface area (Å²) in [5, 5.41) is 0. The monoisotopic (exact) mass is 458 g/mol. The summed E-state index contributed by atoms with van der Waals surface area (Å²) in [4.78, 5) is 29.2. The molecule has 0 N–H and O–H groups in total. The Kier molecular flexibility index (Phi) is 5.63. The molecule has 3 heterocycles. The lowest BCUT2D eigenvalue weighted by molar-refractivity contribution is -0.136. The van der Waals surface area contributed by atoms with E-state index in [2.05, 4.69) is 4.98 Å². The van der Waals surface area contributed by atoms with Gasteiger partial charge in [0.1, 0.15) is 18.7 Å². The molecule has 0 fully saturated rings. The maximum atomic E-state index is 12.8. The minimum Gasteiger partial charge on any atom is -0.486 e. The molecule has 0 saturated carbocycles. The first kappa shape index (κ1) is 21.5. The Labute approximate surface area is 195 Å². The van der Waals surface area contributed by atoms with E-state index in [1.54, 1.807) is 12.1 Å². The summed E-state index contributed by atoms with van der Waals surface area (Å²) in [7, 11) is 0. The Morgan fingerprint density at radius 2 is 1.85 bits per heavy atom. The van der Waals surface area contributed by atoms with Gasteiger partial charge < -0.3 is 23.2 Å². The second-order valence-electron chi connectivity index (χ2n) is 7.83. The van der Waals surface area contributed by atoms with Gasteiger partial charge in [0, 0.05) is 40.9 Å². The first-order valence-electron chi connectivity index (χ1n) is 10.8. The van der Waals surface area contributed by atoms with E-state index in [0.717, 1.165) is 17.1 Å². The van der Waals surface area contributed by atoms with Crippen LogP contribution in [0.1, 0.15) is 27.6 Å². The smallest absolute Gasteiger partial charge is 0.331 e. The van der Waals surface area contributed by atoms with E-state index in [0.29, 0.717) is 41.4 Å². The highest BCUT2D eigenvalue weighted by atomic mass is 16.6. The van der Waals surface area contributed by atoms with Crippen molar-refractivity contribution in [2.45, 2.75) is 13.8 Å². The highest BCUT2D eigenvalue weighted by Gasteiger charge is 2.20. The summed E-state index contributed by atoms with van der Waals surface area (Å²) in [5.74, 6) is 0.708. The van der Waals surface area contributed by atoms with E-state index in [1.807, 2.05) is 54.8 Å². The van der Waals surface area contributed by atoms with Crippen LogP contribution in [0.15, 0.2) is 59.0 Å². The predicted molar refractivity (Wildman–Crippen MR) is 125 cm³/mol. The standard InChI is InChI=1S/C26H22N2O6/c1-16-13-19(17(2)28(16)18-7-8-23-24(14-18)32-12-11-31-23)21(29)15-33-26(30)10-9-25-27-20-5-3-4-6-22(20)34-25/h3-10,13-14H,11-12,15H2,1-2H3/b10-9+. The number of para-hydroxylation sites is 2. The summed E-state index contributed by atoms with van der Waals surface area (Å²) >= 11 is 0. The Balaban J connectivity index is 1.26. The molecule has 2 aromatic heterocycles. The van der Waals surface area contributed by atoms with Crippen LogP contribution in [0.3, 0.4) is 0 Å². The van der Waals surface area contributed by atoms with Gasteiger partial charge in [-0.25, -0.2) is 9.78 Å². The molecule has 0 aliphatic carbocycles. The largest absolute Gasteiger partial charge is 0.486 e. The van der Waals surface area contributed by atoms with E-state index in [9.17, 15) is 9.59 Å². The fourth-order valence-electron chi connectivity index (χ4n) is 3.98. The topological polar surface area (TPSA) is 92.8 Å². The Bertz CT molecular complexity index is 1400. The van der Waals surface area contributed by atoms with Gasteiger partial charge >= 0.3 is 5.97 Å². The van der Waals surface area contributed by atoms with Crippen molar-refractivity contribution >= 4 is 28.9 Å². The molecule has 0 unspecified atom stereocenters. The first-order chi connectivity index (χ1) is 16.5. The zero-order valence-electron chi connectivity index (χ0n) is 18.7. The van der Waals surface area contributed by atoms with Crippen molar-refractivity contribution in [3.63, 3.8) is 0 Å². The number of ether oxygens (including phenoxy) is 3. The van der Waals surface area contributed by atoms with Crippen molar-refractivity contribution in [1.29, 1.82) is 0 Å². The molecule has 1 aliphatic rings. The van der Waals surface area contributed by atoms with Gasteiger partial charge in [-0.2, -0.15) is 0 Å². The van der Waals surface area contributed by atoms with Crippen LogP contribution in [0, 0.1) is 13.8 Å². The van der Waals surface area contributed by atoms with Crippen molar-refractivity contribution < 1.29 is 28.2 Å². The summed E-state index contributed by atoms with van der Waals surface area (Å²) in [5.41, 5.74) is 4.29. The van der Waals surface area contributed by atoms with Gasteiger partial charge in [0.25, 0.3) is 0 Å². The van der Waals surface area contributed by atoms with Gasteiger partial charge in [0.2, 0.25) is 11.7 Å². The predicted octanol–water partition coefficient (Wildman–Crippen LogP) is 4.45. The lowest BCUT2D eigenvalue weighted by Crippen LogP contribution is -2.16. The van der Waals surface area contributed by atoms with Gasteiger partial charge in [-0.15, -0.1) is 0 Å². The van der Waals surface area contributed by atoms with Gasteiger partial charge in [0.15, 0.2) is 23.7 Å². The number of nitrogens with zero attached hydrogens (tertiary/aromatic N) is 2. The molecule has 8 heteroatoms. The maximum absolute atomic E-state index is 12.8. The van der Waals surface area contributed by atoms with Gasteiger partial charge in [-0.3, -0.25) is 4.79 Å². The number of carbonyl (C=O) groups excluding carboxylic acids is 2. The van der Waals surface area contributed by atoms with E-state index in [4.69, 9.17) is 18.6 Å². The molecule has 0 bridgehead atoms. The summed E-state index contributed by atoms with van der Waals surface area (Å²) in [6.07, 6.45) is 2.61. The van der Waals surface area contributed by atoms with E-state index in [-0.39, 0.29) is 18.3 Å². The van der Waals surface area contributed by atoms with Gasteiger partial charge in [-0.1, -0.05) is 12.1 Å². The molecule has 34 heavy (non-hydrogen) atoms. The lowest BCUT2D eigenvalue weighted by Gasteiger charge is -2.20. The number of hydrogen-bond donors (Lipinski definition) is 0. The molecule has 1 aliphatic heterocycles. The van der Waals surface area contributed by atoms with Crippen LogP contribution in [-0.4, -0.2) is 41.1 Å². The van der Waals surface area contributed by atoms with Crippen molar-refractivity contribution in [3.05, 3.63) is 77.4 Å². The zero-order valence-corrected chi connectivity index (χ0v) is 18.7. The second kappa shape index (κ2) is 8.90. The minimum atomic E-state index is -0.656.